The van der Waals surface area contributed by atoms with Gasteiger partial charge in [-0.1, -0.05) is 42.5 Å². The fraction of sp³-hybridized carbons (Fsp3) is 0.269. The number of nitrogens with zero attached hydrogens (tertiary/aromatic N) is 3. The van der Waals surface area contributed by atoms with E-state index in [1.807, 2.05) is 24.5 Å². The fourth-order valence-corrected chi connectivity index (χ4v) is 4.26. The molecule has 1 atom stereocenters. The van der Waals surface area contributed by atoms with Gasteiger partial charge in [0.2, 0.25) is 0 Å². The Morgan fingerprint density at radius 3 is 2.68 bits per heavy atom. The zero-order chi connectivity index (χ0) is 21.2. The molecule has 3 aromatic carbocycles. The SMILES string of the molecule is C[C@@H](O)c1ccc2c(c1)ncn2-c1cccc(-c2ccccc2CN2CCOCC2)c1. The molecule has 0 saturated carbocycles. The molecule has 5 nitrogen and oxygen atoms in total. The summed E-state index contributed by atoms with van der Waals surface area (Å²) in [6, 6.07) is 23.2. The number of rotatable bonds is 5. The Balaban J connectivity index is 1.50. The molecular weight excluding hydrogens is 386 g/mol. The maximum absolute atomic E-state index is 9.87. The Kier molecular flexibility index (Phi) is 5.55. The molecule has 0 unspecified atom stereocenters. The minimum absolute atomic E-state index is 0.499. The lowest BCUT2D eigenvalue weighted by Gasteiger charge is -2.27. The molecule has 1 aliphatic rings. The average Bonchev–Trinajstić information content (AvgIpc) is 3.23. The molecule has 0 radical (unpaired) electrons. The van der Waals surface area contributed by atoms with Crippen LogP contribution in [-0.4, -0.2) is 45.9 Å². The summed E-state index contributed by atoms with van der Waals surface area (Å²) in [5, 5.41) is 9.87. The predicted molar refractivity (Wildman–Crippen MR) is 123 cm³/mol. The molecule has 31 heavy (non-hydrogen) atoms. The van der Waals surface area contributed by atoms with E-state index >= 15 is 0 Å². The van der Waals surface area contributed by atoms with E-state index in [1.165, 1.54) is 16.7 Å². The van der Waals surface area contributed by atoms with Crippen LogP contribution in [0.2, 0.25) is 0 Å². The second-order valence-corrected chi connectivity index (χ2v) is 8.13. The van der Waals surface area contributed by atoms with Crippen molar-refractivity contribution in [1.29, 1.82) is 0 Å². The Morgan fingerprint density at radius 2 is 1.84 bits per heavy atom. The molecule has 1 saturated heterocycles. The third kappa shape index (κ3) is 4.12. The first-order valence-electron chi connectivity index (χ1n) is 10.8. The highest BCUT2D eigenvalue weighted by Gasteiger charge is 2.14. The second-order valence-electron chi connectivity index (χ2n) is 8.13. The number of aliphatic hydroxyl groups is 1. The highest BCUT2D eigenvalue weighted by Crippen LogP contribution is 2.29. The Bertz CT molecular complexity index is 1190. The molecule has 1 aromatic heterocycles. The van der Waals surface area contributed by atoms with Gasteiger partial charge in [0, 0.05) is 25.3 Å². The summed E-state index contributed by atoms with van der Waals surface area (Å²) in [6.45, 7) is 6.27. The van der Waals surface area contributed by atoms with Crippen molar-refractivity contribution in [2.24, 2.45) is 0 Å². The molecule has 2 heterocycles. The number of ether oxygens (including phenoxy) is 1. The van der Waals surface area contributed by atoms with Gasteiger partial charge in [-0.25, -0.2) is 4.98 Å². The number of fused-ring (bicyclic) bond motifs is 1. The first-order valence-corrected chi connectivity index (χ1v) is 10.8. The summed E-state index contributed by atoms with van der Waals surface area (Å²) in [5.41, 5.74) is 7.66. The predicted octanol–water partition coefficient (Wildman–Crippen LogP) is 4.58. The Morgan fingerprint density at radius 1 is 1.00 bits per heavy atom. The van der Waals surface area contributed by atoms with E-state index in [0.717, 1.165) is 55.1 Å². The molecule has 4 aromatic rings. The zero-order valence-electron chi connectivity index (χ0n) is 17.7. The first-order chi connectivity index (χ1) is 15.2. The van der Waals surface area contributed by atoms with E-state index in [0.29, 0.717) is 0 Å². The lowest BCUT2D eigenvalue weighted by molar-refractivity contribution is 0.0342. The smallest absolute Gasteiger partial charge is 0.100 e. The number of benzene rings is 3. The van der Waals surface area contributed by atoms with Crippen molar-refractivity contribution < 1.29 is 9.84 Å². The van der Waals surface area contributed by atoms with Crippen molar-refractivity contribution in [2.75, 3.05) is 26.3 Å². The van der Waals surface area contributed by atoms with Crippen LogP contribution in [0, 0.1) is 0 Å². The quantitative estimate of drug-likeness (QED) is 0.520. The van der Waals surface area contributed by atoms with Crippen LogP contribution in [0.5, 0.6) is 0 Å². The highest BCUT2D eigenvalue weighted by molar-refractivity contribution is 5.79. The van der Waals surface area contributed by atoms with Crippen LogP contribution in [0.15, 0.2) is 73.1 Å². The highest BCUT2D eigenvalue weighted by atomic mass is 16.5. The number of hydrogen-bond donors (Lipinski definition) is 1. The lowest BCUT2D eigenvalue weighted by Crippen LogP contribution is -2.35. The molecule has 0 amide bonds. The molecule has 1 aliphatic heterocycles. The van der Waals surface area contributed by atoms with E-state index in [1.54, 1.807) is 6.92 Å². The summed E-state index contributed by atoms with van der Waals surface area (Å²) in [5.74, 6) is 0. The number of hydrogen-bond acceptors (Lipinski definition) is 4. The van der Waals surface area contributed by atoms with E-state index in [4.69, 9.17) is 4.74 Å². The largest absolute Gasteiger partial charge is 0.389 e. The summed E-state index contributed by atoms with van der Waals surface area (Å²) >= 11 is 0. The number of imidazole rings is 1. The van der Waals surface area contributed by atoms with Gasteiger partial charge in [0.15, 0.2) is 0 Å². The van der Waals surface area contributed by atoms with E-state index < -0.39 is 6.10 Å². The minimum Gasteiger partial charge on any atom is -0.389 e. The van der Waals surface area contributed by atoms with Crippen molar-refractivity contribution in [3.63, 3.8) is 0 Å². The van der Waals surface area contributed by atoms with Gasteiger partial charge in [0.1, 0.15) is 6.33 Å². The average molecular weight is 414 g/mol. The normalized spacial score (nSPS) is 15.9. The van der Waals surface area contributed by atoms with Gasteiger partial charge in [-0.05, 0) is 53.4 Å². The monoisotopic (exact) mass is 413 g/mol. The van der Waals surface area contributed by atoms with Crippen LogP contribution in [0.4, 0.5) is 0 Å². The molecular formula is C26H27N3O2. The standard InChI is InChI=1S/C26H27N3O2/c1-19(30)20-9-10-26-25(16-20)27-18-29(26)23-7-4-6-21(15-23)24-8-3-2-5-22(24)17-28-11-13-31-14-12-28/h2-10,15-16,18-19,30H,11-14,17H2,1H3/t19-/m1/s1. The van der Waals surface area contributed by atoms with Crippen molar-refractivity contribution in [2.45, 2.75) is 19.6 Å². The Labute approximate surface area is 182 Å². The lowest BCUT2D eigenvalue weighted by atomic mass is 9.98. The molecule has 0 bridgehead atoms. The van der Waals surface area contributed by atoms with Crippen LogP contribution < -0.4 is 0 Å². The third-order valence-corrected chi connectivity index (χ3v) is 6.00. The summed E-state index contributed by atoms with van der Waals surface area (Å²) in [4.78, 5) is 7.02. The molecule has 0 aliphatic carbocycles. The van der Waals surface area contributed by atoms with Gasteiger partial charge in [-0.15, -0.1) is 0 Å². The van der Waals surface area contributed by atoms with Gasteiger partial charge in [-0.3, -0.25) is 9.47 Å². The van der Waals surface area contributed by atoms with Gasteiger partial charge in [0.25, 0.3) is 0 Å². The third-order valence-electron chi connectivity index (χ3n) is 6.00. The first kappa shape index (κ1) is 19.9. The van der Waals surface area contributed by atoms with Crippen molar-refractivity contribution in [3.8, 4) is 16.8 Å². The Hall–Kier alpha value is -2.99. The number of aliphatic hydroxyl groups excluding tert-OH is 1. The summed E-state index contributed by atoms with van der Waals surface area (Å²) in [7, 11) is 0. The van der Waals surface area contributed by atoms with Crippen LogP contribution in [0.25, 0.3) is 27.8 Å². The summed E-state index contributed by atoms with van der Waals surface area (Å²) < 4.78 is 7.61. The van der Waals surface area contributed by atoms with E-state index in [-0.39, 0.29) is 0 Å². The van der Waals surface area contributed by atoms with Gasteiger partial charge < -0.3 is 9.84 Å². The molecule has 5 heteroatoms. The van der Waals surface area contributed by atoms with Gasteiger partial charge in [-0.2, -0.15) is 0 Å². The van der Waals surface area contributed by atoms with Gasteiger partial charge in [0.05, 0.1) is 30.4 Å². The number of morpholine rings is 1. The molecule has 158 valence electrons. The summed E-state index contributed by atoms with van der Waals surface area (Å²) in [6.07, 6.45) is 1.36. The second kappa shape index (κ2) is 8.63. The van der Waals surface area contributed by atoms with Crippen molar-refractivity contribution >= 4 is 11.0 Å². The van der Waals surface area contributed by atoms with Crippen molar-refractivity contribution in [1.82, 2.24) is 14.5 Å². The van der Waals surface area contributed by atoms with E-state index in [9.17, 15) is 5.11 Å². The molecule has 1 fully saturated rings. The topological polar surface area (TPSA) is 50.5 Å². The maximum atomic E-state index is 9.87. The van der Waals surface area contributed by atoms with E-state index in [2.05, 4.69) is 63.0 Å². The maximum Gasteiger partial charge on any atom is 0.100 e. The van der Waals surface area contributed by atoms with Crippen LogP contribution >= 0.6 is 0 Å². The zero-order valence-corrected chi connectivity index (χ0v) is 17.7. The van der Waals surface area contributed by atoms with Crippen molar-refractivity contribution in [3.05, 3.63) is 84.2 Å². The molecule has 0 spiro atoms. The molecule has 5 rings (SSSR count). The van der Waals surface area contributed by atoms with Crippen LogP contribution in [-0.2, 0) is 11.3 Å². The molecule has 1 N–H and O–H groups in total. The minimum atomic E-state index is -0.499. The van der Waals surface area contributed by atoms with Gasteiger partial charge >= 0.3 is 0 Å². The van der Waals surface area contributed by atoms with Crippen LogP contribution in [0.3, 0.4) is 0 Å². The number of aromatic nitrogens is 2. The van der Waals surface area contributed by atoms with Crippen LogP contribution in [0.1, 0.15) is 24.2 Å². The fourth-order valence-electron chi connectivity index (χ4n) is 4.26.